The first-order chi connectivity index (χ1) is 6.39. The quantitative estimate of drug-likeness (QED) is 0.778. The molecule has 1 heterocycles. The summed E-state index contributed by atoms with van der Waals surface area (Å²) in [5.41, 5.74) is 2.42. The van der Waals surface area contributed by atoms with Crippen molar-refractivity contribution in [3.63, 3.8) is 0 Å². The van der Waals surface area contributed by atoms with Crippen LogP contribution in [0.25, 0.3) is 0 Å². The van der Waals surface area contributed by atoms with Gasteiger partial charge in [-0.25, -0.2) is 0 Å². The van der Waals surface area contributed by atoms with Crippen LogP contribution in [0.3, 0.4) is 0 Å². The third-order valence-electron chi connectivity index (χ3n) is 2.59. The van der Waals surface area contributed by atoms with E-state index in [1.54, 1.807) is 0 Å². The van der Waals surface area contributed by atoms with Crippen LogP contribution in [-0.4, -0.2) is 11.0 Å². The van der Waals surface area contributed by atoms with Crippen LogP contribution in [0.2, 0.25) is 0 Å². The van der Waals surface area contributed by atoms with Gasteiger partial charge in [0.25, 0.3) is 0 Å². The second-order valence-electron chi connectivity index (χ2n) is 4.92. The van der Waals surface area contributed by atoms with Gasteiger partial charge in [-0.15, -0.1) is 0 Å². The van der Waals surface area contributed by atoms with Crippen molar-refractivity contribution < 1.29 is 0 Å². The van der Waals surface area contributed by atoms with E-state index in [1.807, 2.05) is 19.2 Å². The summed E-state index contributed by atoms with van der Waals surface area (Å²) >= 11 is 0. The van der Waals surface area contributed by atoms with Crippen LogP contribution >= 0.6 is 0 Å². The van der Waals surface area contributed by atoms with Crippen molar-refractivity contribution in [2.24, 2.45) is 5.41 Å². The zero-order chi connectivity index (χ0) is 10.8. The first kappa shape index (κ1) is 11.0. The molecule has 0 aliphatic rings. The van der Waals surface area contributed by atoms with Gasteiger partial charge in [-0.1, -0.05) is 20.8 Å². The number of aryl methyl sites for hydroxylation is 1. The predicted octanol–water partition coefficient (Wildman–Crippen LogP) is 3.24. The molecule has 0 saturated heterocycles. The molecule has 0 amide bonds. The van der Waals surface area contributed by atoms with Crippen LogP contribution in [0.1, 0.15) is 33.4 Å². The molecule has 0 aromatic carbocycles. The SMILES string of the molecule is Cc1ccc(NC(C)C(C)(C)C)cn1. The lowest BCUT2D eigenvalue weighted by Crippen LogP contribution is -2.30. The molecule has 2 heteroatoms. The van der Waals surface area contributed by atoms with E-state index < -0.39 is 0 Å². The second-order valence-corrected chi connectivity index (χ2v) is 4.92. The van der Waals surface area contributed by atoms with Gasteiger partial charge < -0.3 is 5.32 Å². The Morgan fingerprint density at radius 1 is 1.29 bits per heavy atom. The number of aromatic nitrogens is 1. The van der Waals surface area contributed by atoms with E-state index in [4.69, 9.17) is 0 Å². The van der Waals surface area contributed by atoms with E-state index in [0.717, 1.165) is 11.4 Å². The minimum absolute atomic E-state index is 0.269. The van der Waals surface area contributed by atoms with E-state index in [2.05, 4.69) is 44.1 Å². The van der Waals surface area contributed by atoms with Gasteiger partial charge in [-0.2, -0.15) is 0 Å². The molecule has 1 N–H and O–H groups in total. The Kier molecular flexibility index (Phi) is 3.14. The molecule has 2 nitrogen and oxygen atoms in total. The summed E-state index contributed by atoms with van der Waals surface area (Å²) in [5.74, 6) is 0. The molecule has 14 heavy (non-hydrogen) atoms. The molecule has 0 aliphatic heterocycles. The number of nitrogens with one attached hydrogen (secondary N) is 1. The van der Waals surface area contributed by atoms with Gasteiger partial charge in [-0.3, -0.25) is 4.98 Å². The Morgan fingerprint density at radius 3 is 2.36 bits per heavy atom. The third kappa shape index (κ3) is 3.02. The maximum atomic E-state index is 4.25. The summed E-state index contributed by atoms with van der Waals surface area (Å²) in [6.45, 7) is 10.9. The first-order valence-corrected chi connectivity index (χ1v) is 5.09. The van der Waals surface area contributed by atoms with Gasteiger partial charge in [0.05, 0.1) is 11.9 Å². The maximum Gasteiger partial charge on any atom is 0.0529 e. The Balaban J connectivity index is 2.65. The third-order valence-corrected chi connectivity index (χ3v) is 2.59. The summed E-state index contributed by atoms with van der Waals surface area (Å²) in [5, 5.41) is 3.45. The first-order valence-electron chi connectivity index (χ1n) is 5.09. The lowest BCUT2D eigenvalue weighted by Gasteiger charge is -2.28. The number of hydrogen-bond acceptors (Lipinski definition) is 2. The van der Waals surface area contributed by atoms with Gasteiger partial charge in [0.2, 0.25) is 0 Å². The lowest BCUT2D eigenvalue weighted by atomic mass is 9.88. The van der Waals surface area contributed by atoms with Crippen LogP contribution in [0, 0.1) is 12.3 Å². The van der Waals surface area contributed by atoms with Crippen molar-refractivity contribution in [2.75, 3.05) is 5.32 Å². The van der Waals surface area contributed by atoms with Gasteiger partial charge in [0, 0.05) is 11.7 Å². The highest BCUT2D eigenvalue weighted by Gasteiger charge is 2.19. The van der Waals surface area contributed by atoms with Crippen molar-refractivity contribution in [2.45, 2.75) is 40.7 Å². The van der Waals surface area contributed by atoms with Gasteiger partial charge in [-0.05, 0) is 31.4 Å². The Morgan fingerprint density at radius 2 is 1.93 bits per heavy atom. The number of pyridine rings is 1. The van der Waals surface area contributed by atoms with Crippen molar-refractivity contribution in [1.29, 1.82) is 0 Å². The molecule has 1 unspecified atom stereocenters. The highest BCUT2D eigenvalue weighted by Crippen LogP contribution is 2.22. The second kappa shape index (κ2) is 3.99. The van der Waals surface area contributed by atoms with E-state index >= 15 is 0 Å². The zero-order valence-corrected chi connectivity index (χ0v) is 9.76. The van der Waals surface area contributed by atoms with Gasteiger partial charge in [0.1, 0.15) is 0 Å². The maximum absolute atomic E-state index is 4.25. The molecule has 0 bridgehead atoms. The topological polar surface area (TPSA) is 24.9 Å². The van der Waals surface area contributed by atoms with Crippen molar-refractivity contribution in [1.82, 2.24) is 4.98 Å². The molecule has 0 fully saturated rings. The Labute approximate surface area is 86.8 Å². The lowest BCUT2D eigenvalue weighted by molar-refractivity contribution is 0.359. The van der Waals surface area contributed by atoms with E-state index in [-0.39, 0.29) is 5.41 Å². The largest absolute Gasteiger partial charge is 0.381 e. The van der Waals surface area contributed by atoms with Gasteiger partial charge in [0.15, 0.2) is 0 Å². The molecular weight excluding hydrogens is 172 g/mol. The molecule has 1 aromatic rings. The molecule has 0 spiro atoms. The number of nitrogens with zero attached hydrogens (tertiary/aromatic N) is 1. The normalized spacial score (nSPS) is 13.8. The fourth-order valence-corrected chi connectivity index (χ4v) is 1.02. The summed E-state index contributed by atoms with van der Waals surface area (Å²) in [4.78, 5) is 4.25. The Bertz CT molecular complexity index is 282. The average Bonchev–Trinajstić information content (AvgIpc) is 2.07. The number of anilines is 1. The molecule has 0 radical (unpaired) electrons. The molecular formula is C12H20N2. The number of rotatable bonds is 2. The molecule has 0 saturated carbocycles. The van der Waals surface area contributed by atoms with Crippen LogP contribution in [0.4, 0.5) is 5.69 Å². The van der Waals surface area contributed by atoms with Crippen molar-refractivity contribution >= 4 is 5.69 Å². The van der Waals surface area contributed by atoms with Crippen molar-refractivity contribution in [3.8, 4) is 0 Å². The highest BCUT2D eigenvalue weighted by molar-refractivity contribution is 5.42. The van der Waals surface area contributed by atoms with E-state index in [1.165, 1.54) is 0 Å². The fraction of sp³-hybridized carbons (Fsp3) is 0.583. The van der Waals surface area contributed by atoms with E-state index in [0.29, 0.717) is 6.04 Å². The highest BCUT2D eigenvalue weighted by atomic mass is 14.9. The molecule has 0 aliphatic carbocycles. The smallest absolute Gasteiger partial charge is 0.0529 e. The monoisotopic (exact) mass is 192 g/mol. The summed E-state index contributed by atoms with van der Waals surface area (Å²) in [6, 6.07) is 4.54. The molecule has 1 atom stereocenters. The fourth-order valence-electron chi connectivity index (χ4n) is 1.02. The van der Waals surface area contributed by atoms with Crippen LogP contribution in [0.15, 0.2) is 18.3 Å². The average molecular weight is 192 g/mol. The van der Waals surface area contributed by atoms with Crippen LogP contribution < -0.4 is 5.32 Å². The van der Waals surface area contributed by atoms with E-state index in [9.17, 15) is 0 Å². The summed E-state index contributed by atoms with van der Waals surface area (Å²) in [7, 11) is 0. The minimum atomic E-state index is 0.269. The summed E-state index contributed by atoms with van der Waals surface area (Å²) in [6.07, 6.45) is 1.89. The minimum Gasteiger partial charge on any atom is -0.381 e. The molecule has 1 rings (SSSR count). The summed E-state index contributed by atoms with van der Waals surface area (Å²) < 4.78 is 0. The zero-order valence-electron chi connectivity index (χ0n) is 9.76. The van der Waals surface area contributed by atoms with Gasteiger partial charge >= 0.3 is 0 Å². The van der Waals surface area contributed by atoms with Crippen LogP contribution in [0.5, 0.6) is 0 Å². The van der Waals surface area contributed by atoms with Crippen LogP contribution in [-0.2, 0) is 0 Å². The molecule has 1 aromatic heterocycles. The standard InChI is InChI=1S/C12H20N2/c1-9-6-7-11(8-13-9)14-10(2)12(3,4)5/h6-8,10,14H,1-5H3. The molecule has 78 valence electrons. The predicted molar refractivity (Wildman–Crippen MR) is 61.5 cm³/mol. The van der Waals surface area contributed by atoms with Crippen molar-refractivity contribution in [3.05, 3.63) is 24.0 Å². The number of hydrogen-bond donors (Lipinski definition) is 1. The Hall–Kier alpha value is -1.05.